The van der Waals surface area contributed by atoms with Gasteiger partial charge in [-0.25, -0.2) is 4.79 Å². The van der Waals surface area contributed by atoms with Crippen molar-refractivity contribution in [1.82, 2.24) is 4.90 Å². The third-order valence-electron chi connectivity index (χ3n) is 5.56. The lowest BCUT2D eigenvalue weighted by Gasteiger charge is -2.36. The van der Waals surface area contributed by atoms with Crippen molar-refractivity contribution in [3.05, 3.63) is 59.1 Å². The summed E-state index contributed by atoms with van der Waals surface area (Å²) in [5.74, 6) is 0.151. The molecule has 1 N–H and O–H groups in total. The number of carbonyl (C=O) groups excluding carboxylic acids is 2. The highest BCUT2D eigenvalue weighted by molar-refractivity contribution is 6.31. The van der Waals surface area contributed by atoms with E-state index in [-0.39, 0.29) is 17.9 Å². The number of nitrogens with one attached hydrogen (secondary N) is 1. The minimum Gasteiger partial charge on any atom is -0.324 e. The monoisotopic (exact) mass is 397 g/mol. The molecule has 2 aromatic carbocycles. The first-order valence-electron chi connectivity index (χ1n) is 9.83. The van der Waals surface area contributed by atoms with E-state index in [2.05, 4.69) is 5.32 Å². The lowest BCUT2D eigenvalue weighted by Crippen LogP contribution is -2.49. The average molecular weight is 398 g/mol. The van der Waals surface area contributed by atoms with Crippen molar-refractivity contribution in [1.29, 1.82) is 0 Å². The molecule has 0 bridgehead atoms. The van der Waals surface area contributed by atoms with Crippen LogP contribution in [0.15, 0.2) is 48.5 Å². The standard InChI is InChI=1S/C22H24ClN3O2/c23-18-10-2-1-7-17(18)15-25-13-6-14-26(22(25)28)20-12-4-3-11-19(20)24-21(27)16-8-5-9-16/h1-4,7,10-12,16H,5-6,8-9,13-15H2,(H,24,27). The normalized spacial score (nSPS) is 17.4. The molecule has 5 nitrogen and oxygen atoms in total. The van der Waals surface area contributed by atoms with Gasteiger partial charge in [-0.15, -0.1) is 0 Å². The van der Waals surface area contributed by atoms with Crippen LogP contribution in [0.2, 0.25) is 5.02 Å². The van der Waals surface area contributed by atoms with E-state index in [4.69, 9.17) is 11.6 Å². The van der Waals surface area contributed by atoms with Crippen molar-refractivity contribution in [2.45, 2.75) is 32.2 Å². The number of nitrogens with zero attached hydrogens (tertiary/aromatic N) is 2. The fourth-order valence-corrected chi connectivity index (χ4v) is 3.90. The molecule has 0 radical (unpaired) electrons. The highest BCUT2D eigenvalue weighted by Crippen LogP contribution is 2.32. The molecule has 0 aromatic heterocycles. The van der Waals surface area contributed by atoms with Gasteiger partial charge in [0, 0.05) is 30.6 Å². The number of rotatable bonds is 5. The third kappa shape index (κ3) is 3.85. The van der Waals surface area contributed by atoms with Crippen LogP contribution in [-0.2, 0) is 11.3 Å². The molecule has 1 aliphatic heterocycles. The van der Waals surface area contributed by atoms with E-state index in [0.717, 1.165) is 36.9 Å². The van der Waals surface area contributed by atoms with Crippen LogP contribution in [0.25, 0.3) is 0 Å². The van der Waals surface area contributed by atoms with Gasteiger partial charge in [-0.2, -0.15) is 0 Å². The largest absolute Gasteiger partial charge is 0.324 e. The first-order valence-corrected chi connectivity index (χ1v) is 10.2. The van der Waals surface area contributed by atoms with E-state index >= 15 is 0 Å². The molecule has 0 unspecified atom stereocenters. The SMILES string of the molecule is O=C(Nc1ccccc1N1CCCN(Cc2ccccc2Cl)C1=O)C1CCC1. The van der Waals surface area contributed by atoms with Gasteiger partial charge in [-0.05, 0) is 43.0 Å². The molecule has 146 valence electrons. The third-order valence-corrected chi connectivity index (χ3v) is 5.93. The smallest absolute Gasteiger partial charge is 0.324 e. The van der Waals surface area contributed by atoms with E-state index < -0.39 is 0 Å². The van der Waals surface area contributed by atoms with Gasteiger partial charge in [0.05, 0.1) is 11.4 Å². The molecular weight excluding hydrogens is 374 g/mol. The molecule has 1 heterocycles. The molecule has 2 aliphatic rings. The molecule has 1 aliphatic carbocycles. The Balaban J connectivity index is 1.53. The Morgan fingerprint density at radius 1 is 1.04 bits per heavy atom. The zero-order valence-electron chi connectivity index (χ0n) is 15.7. The highest BCUT2D eigenvalue weighted by Gasteiger charge is 2.30. The fraction of sp³-hybridized carbons (Fsp3) is 0.364. The molecular formula is C22H24ClN3O2. The van der Waals surface area contributed by atoms with Crippen molar-refractivity contribution in [2.24, 2.45) is 5.92 Å². The summed E-state index contributed by atoms with van der Waals surface area (Å²) < 4.78 is 0. The van der Waals surface area contributed by atoms with E-state index in [1.165, 1.54) is 0 Å². The van der Waals surface area contributed by atoms with Crippen LogP contribution in [-0.4, -0.2) is 29.9 Å². The number of halogens is 1. The number of carbonyl (C=O) groups is 2. The summed E-state index contributed by atoms with van der Waals surface area (Å²) in [5.41, 5.74) is 2.39. The van der Waals surface area contributed by atoms with Crippen LogP contribution in [0.5, 0.6) is 0 Å². The minimum absolute atomic E-state index is 0.0519. The number of urea groups is 1. The van der Waals surface area contributed by atoms with Crippen LogP contribution in [0, 0.1) is 5.92 Å². The first-order chi connectivity index (χ1) is 13.6. The number of hydrogen-bond donors (Lipinski definition) is 1. The second kappa shape index (κ2) is 8.23. The predicted octanol–water partition coefficient (Wildman–Crippen LogP) is 4.91. The molecule has 28 heavy (non-hydrogen) atoms. The predicted molar refractivity (Wildman–Crippen MR) is 112 cm³/mol. The van der Waals surface area contributed by atoms with Crippen molar-refractivity contribution >= 4 is 34.9 Å². The van der Waals surface area contributed by atoms with Crippen LogP contribution in [0.1, 0.15) is 31.2 Å². The number of benzene rings is 2. The number of anilines is 2. The summed E-state index contributed by atoms with van der Waals surface area (Å²) in [5, 5.41) is 3.70. The number of para-hydroxylation sites is 2. The summed E-state index contributed by atoms with van der Waals surface area (Å²) in [6.45, 7) is 1.80. The summed E-state index contributed by atoms with van der Waals surface area (Å²) in [7, 11) is 0. The lowest BCUT2D eigenvalue weighted by atomic mass is 9.85. The zero-order valence-corrected chi connectivity index (χ0v) is 16.5. The quantitative estimate of drug-likeness (QED) is 0.779. The Kier molecular flexibility index (Phi) is 5.53. The molecule has 4 rings (SSSR count). The number of amides is 3. The van der Waals surface area contributed by atoms with E-state index in [1.807, 2.05) is 53.4 Å². The fourth-order valence-electron chi connectivity index (χ4n) is 3.70. The zero-order chi connectivity index (χ0) is 19.5. The van der Waals surface area contributed by atoms with Crippen LogP contribution in [0.3, 0.4) is 0 Å². The van der Waals surface area contributed by atoms with E-state index in [0.29, 0.717) is 30.3 Å². The Bertz CT molecular complexity index is 882. The van der Waals surface area contributed by atoms with Gasteiger partial charge in [0.2, 0.25) is 5.91 Å². The van der Waals surface area contributed by atoms with Crippen molar-refractivity contribution in [3.8, 4) is 0 Å². The Labute approximate surface area is 170 Å². The Hall–Kier alpha value is -2.53. The average Bonchev–Trinajstić information content (AvgIpc) is 2.64. The van der Waals surface area contributed by atoms with Gasteiger partial charge in [0.15, 0.2) is 0 Å². The van der Waals surface area contributed by atoms with Crippen molar-refractivity contribution in [2.75, 3.05) is 23.3 Å². The van der Waals surface area contributed by atoms with Crippen LogP contribution in [0.4, 0.5) is 16.2 Å². The van der Waals surface area contributed by atoms with Gasteiger partial charge in [-0.1, -0.05) is 48.4 Å². The second-order valence-electron chi connectivity index (χ2n) is 7.43. The van der Waals surface area contributed by atoms with Crippen molar-refractivity contribution in [3.63, 3.8) is 0 Å². The molecule has 1 saturated heterocycles. The first kappa shape index (κ1) is 18.8. The summed E-state index contributed by atoms with van der Waals surface area (Å²) >= 11 is 6.28. The molecule has 0 atom stereocenters. The summed E-state index contributed by atoms with van der Waals surface area (Å²) in [6, 6.07) is 15.1. The maximum atomic E-state index is 13.2. The molecule has 2 aromatic rings. The van der Waals surface area contributed by atoms with Gasteiger partial charge in [-0.3, -0.25) is 9.69 Å². The highest BCUT2D eigenvalue weighted by atomic mass is 35.5. The molecule has 0 spiro atoms. The minimum atomic E-state index is -0.0588. The van der Waals surface area contributed by atoms with Crippen LogP contribution >= 0.6 is 11.6 Å². The van der Waals surface area contributed by atoms with Crippen LogP contribution < -0.4 is 10.2 Å². The summed E-state index contributed by atoms with van der Waals surface area (Å²) in [6.07, 6.45) is 3.87. The maximum absolute atomic E-state index is 13.2. The van der Waals surface area contributed by atoms with Gasteiger partial charge in [0.1, 0.15) is 0 Å². The molecule has 6 heteroatoms. The van der Waals surface area contributed by atoms with Gasteiger partial charge < -0.3 is 10.2 Å². The maximum Gasteiger partial charge on any atom is 0.324 e. The second-order valence-corrected chi connectivity index (χ2v) is 7.84. The molecule has 1 saturated carbocycles. The Morgan fingerprint density at radius 3 is 2.54 bits per heavy atom. The Morgan fingerprint density at radius 2 is 1.79 bits per heavy atom. The van der Waals surface area contributed by atoms with Crippen molar-refractivity contribution < 1.29 is 9.59 Å². The van der Waals surface area contributed by atoms with E-state index in [9.17, 15) is 9.59 Å². The lowest BCUT2D eigenvalue weighted by molar-refractivity contribution is -0.122. The summed E-state index contributed by atoms with van der Waals surface area (Å²) in [4.78, 5) is 29.2. The van der Waals surface area contributed by atoms with Gasteiger partial charge in [0.25, 0.3) is 0 Å². The topological polar surface area (TPSA) is 52.7 Å². The number of hydrogen-bond acceptors (Lipinski definition) is 2. The van der Waals surface area contributed by atoms with Gasteiger partial charge >= 0.3 is 6.03 Å². The molecule has 2 fully saturated rings. The van der Waals surface area contributed by atoms with E-state index in [1.54, 1.807) is 4.90 Å². The molecule has 3 amide bonds.